The van der Waals surface area contributed by atoms with Gasteiger partial charge in [-0.15, -0.1) is 8.78 Å². The highest BCUT2D eigenvalue weighted by atomic mass is 19.3. The molecule has 198 valence electrons. The van der Waals surface area contributed by atoms with Crippen molar-refractivity contribution in [1.82, 2.24) is 4.57 Å². The van der Waals surface area contributed by atoms with Gasteiger partial charge in [-0.05, 0) is 60.7 Å². The van der Waals surface area contributed by atoms with E-state index in [4.69, 9.17) is 8.22 Å². The molecule has 2 heterocycles. The van der Waals surface area contributed by atoms with Crippen molar-refractivity contribution < 1.29 is 45.9 Å². The van der Waals surface area contributed by atoms with E-state index in [0.29, 0.717) is 17.5 Å². The Labute approximate surface area is 221 Å². The van der Waals surface area contributed by atoms with Gasteiger partial charge in [-0.1, -0.05) is 26.8 Å². The van der Waals surface area contributed by atoms with Crippen molar-refractivity contribution in [3.63, 3.8) is 0 Å². The number of hydrogen-bond acceptors (Lipinski definition) is 5. The first kappa shape index (κ1) is 19.1. The molecule has 1 aliphatic carbocycles. The fourth-order valence-corrected chi connectivity index (χ4v) is 4.53. The molecule has 37 heavy (non-hydrogen) atoms. The lowest BCUT2D eigenvalue weighted by atomic mass is 9.86. The molecule has 0 saturated heterocycles. The van der Waals surface area contributed by atoms with E-state index in [1.807, 2.05) is 6.92 Å². The summed E-state index contributed by atoms with van der Waals surface area (Å²) in [6.45, 7) is 1.30. The van der Waals surface area contributed by atoms with Crippen LogP contribution in [0.1, 0.15) is 65.1 Å². The maximum Gasteiger partial charge on any atom is 0.586 e. The van der Waals surface area contributed by atoms with Gasteiger partial charge in [-0.2, -0.15) is 0 Å². The summed E-state index contributed by atoms with van der Waals surface area (Å²) >= 11 is 0. The second kappa shape index (κ2) is 8.77. The largest absolute Gasteiger partial charge is 0.586 e. The molecule has 2 N–H and O–H groups in total. The van der Waals surface area contributed by atoms with Crippen LogP contribution in [-0.2, 0) is 28.5 Å². The number of fused-ring (bicyclic) bond motifs is 2. The predicted octanol–water partition coefficient (Wildman–Crippen LogP) is 4.99. The van der Waals surface area contributed by atoms with Crippen molar-refractivity contribution in [3.05, 3.63) is 59.0 Å². The molecule has 0 bridgehead atoms. The Morgan fingerprint density at radius 3 is 2.62 bits per heavy atom. The number of ketones is 1. The highest BCUT2D eigenvalue weighted by molar-refractivity contribution is 5.95. The fourth-order valence-electron chi connectivity index (χ4n) is 4.53. The van der Waals surface area contributed by atoms with Crippen LogP contribution in [0.25, 0.3) is 10.9 Å². The van der Waals surface area contributed by atoms with Crippen LogP contribution in [0.5, 0.6) is 11.5 Å². The Kier molecular flexibility index (Phi) is 4.52. The van der Waals surface area contributed by atoms with Crippen molar-refractivity contribution in [3.8, 4) is 11.5 Å². The summed E-state index contributed by atoms with van der Waals surface area (Å²) in [4.78, 5) is 13.7. The molecule has 5 rings (SSSR count). The van der Waals surface area contributed by atoms with Gasteiger partial charge in [-0.3, -0.25) is 4.79 Å². The minimum Gasteiger partial charge on any atom is -0.395 e. The quantitative estimate of drug-likeness (QED) is 0.413. The van der Waals surface area contributed by atoms with Gasteiger partial charge in [0.05, 0.1) is 38.3 Å². The van der Waals surface area contributed by atoms with Crippen LogP contribution in [0.2, 0.25) is 0 Å². The smallest absolute Gasteiger partial charge is 0.395 e. The summed E-state index contributed by atoms with van der Waals surface area (Å²) in [5.74, 6) is -3.03. The van der Waals surface area contributed by atoms with Gasteiger partial charge in [0.15, 0.2) is 11.5 Å². The molecule has 6 nitrogen and oxygen atoms in total. The predicted molar refractivity (Wildman–Crippen MR) is 131 cm³/mol. The molecule has 1 aromatic heterocycles. The number of carbonyl (C=O) groups is 1. The van der Waals surface area contributed by atoms with E-state index in [1.54, 1.807) is 19.9 Å². The lowest BCUT2D eigenvalue weighted by molar-refractivity contribution is -0.286. The third kappa shape index (κ3) is 4.48. The van der Waals surface area contributed by atoms with E-state index in [9.17, 15) is 23.8 Å². The zero-order chi connectivity index (χ0) is 32.1. The van der Waals surface area contributed by atoms with Crippen LogP contribution < -0.4 is 9.47 Å². The fraction of sp³-hybridized carbons (Fsp3) is 0.464. The number of aliphatic hydroxyl groups is 2. The zero-order valence-electron chi connectivity index (χ0n) is 26.5. The lowest BCUT2D eigenvalue weighted by Crippen LogP contribution is -2.26. The molecule has 0 radical (unpaired) electrons. The molecule has 1 atom stereocenters. The summed E-state index contributed by atoms with van der Waals surface area (Å²) in [7, 11) is 0. The van der Waals surface area contributed by atoms with E-state index < -0.39 is 84.0 Å². The van der Waals surface area contributed by atoms with Gasteiger partial charge in [0.2, 0.25) is 0 Å². The van der Waals surface area contributed by atoms with Crippen LogP contribution in [0.15, 0.2) is 36.3 Å². The van der Waals surface area contributed by atoms with Crippen molar-refractivity contribution in [2.45, 2.75) is 76.2 Å². The normalized spacial score (nSPS) is 21.8. The van der Waals surface area contributed by atoms with Crippen LogP contribution in [0.3, 0.4) is 0 Å². The molecule has 2 aliphatic rings. The van der Waals surface area contributed by atoms with Crippen LogP contribution in [-0.4, -0.2) is 39.5 Å². The van der Waals surface area contributed by atoms with Crippen LogP contribution in [0.4, 0.5) is 13.2 Å². The number of alkyl halides is 2. The number of ether oxygens (including phenoxy) is 2. The molecule has 9 heteroatoms. The monoisotopic (exact) mass is 523 g/mol. The number of benzene rings is 2. The number of carbonyl (C=O) groups excluding carboxylic acids is 1. The topological polar surface area (TPSA) is 80.9 Å². The van der Waals surface area contributed by atoms with Crippen LogP contribution >= 0.6 is 0 Å². The van der Waals surface area contributed by atoms with E-state index >= 15 is 4.39 Å². The molecular formula is C28H30F3NO5. The molecule has 1 aliphatic heterocycles. The third-order valence-electron chi connectivity index (χ3n) is 7.24. The summed E-state index contributed by atoms with van der Waals surface area (Å²) in [6.07, 6.45) is -6.87. The van der Waals surface area contributed by atoms with Crippen molar-refractivity contribution >= 4 is 16.7 Å². The van der Waals surface area contributed by atoms with Gasteiger partial charge in [-0.25, -0.2) is 4.39 Å². The standard InChI is InChI=1S/C28H30F3NO5/c1-4-26(2,3)24-10-17-9-16(20(29)13-21(17)32(24)14-19(34)15-33)11-25(35)27(7-8-27)18-5-6-22-23(12-18)37-28(30,31)36-22/h5-6,9-10,12-13,19,33-34H,4,7-8,11,14-15H2,1-3H3/t19-/m0/s1/i5D,6D,12D,14D2,19D. The van der Waals surface area contributed by atoms with Gasteiger partial charge >= 0.3 is 6.29 Å². The van der Waals surface area contributed by atoms with Crippen molar-refractivity contribution in [2.24, 2.45) is 0 Å². The molecule has 0 amide bonds. The SMILES string of the molecule is [2H]c1c([2H])c(C2(C(=O)Cc3cc4cc(C(C)(C)CC)n(C([2H])([2H])[C@]([2H])(O)CO)c4cc3F)CC2)c([2H])c2c1OC(F)(F)O2. The number of aliphatic hydroxyl groups excluding tert-OH is 1. The number of aromatic nitrogens is 1. The average molecular weight is 524 g/mol. The number of halogens is 3. The Hall–Kier alpha value is -3.04. The van der Waals surface area contributed by atoms with Gasteiger partial charge in [0, 0.05) is 22.9 Å². The summed E-state index contributed by atoms with van der Waals surface area (Å²) in [6, 6.07) is 1.81. The molecule has 1 fully saturated rings. The number of Topliss-reactive ketones (excluding diaryl/α,β-unsaturated/α-hetero) is 1. The summed E-state index contributed by atoms with van der Waals surface area (Å²) < 4.78 is 103. The third-order valence-corrected chi connectivity index (χ3v) is 7.24. The maximum atomic E-state index is 15.6. The van der Waals surface area contributed by atoms with Crippen LogP contribution in [0, 0.1) is 5.82 Å². The van der Waals surface area contributed by atoms with Gasteiger partial charge in [0.1, 0.15) is 11.6 Å². The van der Waals surface area contributed by atoms with Crippen molar-refractivity contribution in [2.75, 3.05) is 6.61 Å². The second-order valence-corrected chi connectivity index (χ2v) is 10.1. The maximum absolute atomic E-state index is 15.6. The molecular weight excluding hydrogens is 487 g/mol. The lowest BCUT2D eigenvalue weighted by Gasteiger charge is -2.26. The molecule has 0 unspecified atom stereocenters. The molecule has 0 spiro atoms. The molecule has 2 aromatic carbocycles. The van der Waals surface area contributed by atoms with E-state index in [0.717, 1.165) is 10.6 Å². The first-order valence-corrected chi connectivity index (χ1v) is 11.9. The number of hydrogen-bond donors (Lipinski definition) is 2. The second-order valence-electron chi connectivity index (χ2n) is 10.1. The molecule has 3 aromatic rings. The highest BCUT2D eigenvalue weighted by Crippen LogP contribution is 2.52. The summed E-state index contributed by atoms with van der Waals surface area (Å²) in [5.41, 5.74) is -2.29. The molecule has 1 saturated carbocycles. The minimum atomic E-state index is -4.14. The van der Waals surface area contributed by atoms with Crippen molar-refractivity contribution in [1.29, 1.82) is 0 Å². The first-order chi connectivity index (χ1) is 19.7. The Bertz CT molecular complexity index is 1670. The Morgan fingerprint density at radius 2 is 1.97 bits per heavy atom. The average Bonchev–Trinajstić information content (AvgIpc) is 3.52. The van der Waals surface area contributed by atoms with Gasteiger partial charge in [0.25, 0.3) is 0 Å². The Balaban J connectivity index is 1.59. The van der Waals surface area contributed by atoms with E-state index in [-0.39, 0.29) is 29.5 Å². The summed E-state index contributed by atoms with van der Waals surface area (Å²) in [5, 5.41) is 20.3. The van der Waals surface area contributed by atoms with Gasteiger partial charge < -0.3 is 24.3 Å². The highest BCUT2D eigenvalue weighted by Gasteiger charge is 2.52. The minimum absolute atomic E-state index is 0.0204. The number of nitrogens with zero attached hydrogens (tertiary/aromatic N) is 1. The number of rotatable bonds is 9. The first-order valence-electron chi connectivity index (χ1n) is 14.9. The zero-order valence-corrected chi connectivity index (χ0v) is 20.5. The van der Waals surface area contributed by atoms with E-state index in [2.05, 4.69) is 9.47 Å². The van der Waals surface area contributed by atoms with E-state index in [1.165, 1.54) is 6.07 Å². The Morgan fingerprint density at radius 1 is 1.27 bits per heavy atom.